The van der Waals surface area contributed by atoms with Crippen molar-refractivity contribution in [2.24, 2.45) is 0 Å². The van der Waals surface area contributed by atoms with E-state index < -0.39 is 12.0 Å². The Balaban J connectivity index is 3.08. The van der Waals surface area contributed by atoms with Gasteiger partial charge in [-0.3, -0.25) is 4.79 Å². The molecule has 1 atom stereocenters. The summed E-state index contributed by atoms with van der Waals surface area (Å²) in [6, 6.07) is 4.10. The third kappa shape index (κ3) is 2.61. The molecule has 0 spiro atoms. The Bertz CT molecular complexity index is 368. The molecule has 82 valence electrons. The van der Waals surface area contributed by atoms with Crippen molar-refractivity contribution >= 4 is 17.6 Å². The van der Waals surface area contributed by atoms with Crippen molar-refractivity contribution in [1.82, 2.24) is 5.32 Å². The molecule has 0 aromatic heterocycles. The van der Waals surface area contributed by atoms with E-state index in [2.05, 4.69) is 5.32 Å². The van der Waals surface area contributed by atoms with Gasteiger partial charge in [0.15, 0.2) is 0 Å². The Labute approximate surface area is 92.8 Å². The molecule has 4 nitrogen and oxygen atoms in total. The van der Waals surface area contributed by atoms with Crippen LogP contribution in [0.5, 0.6) is 5.75 Å². The molecule has 1 aromatic carbocycles. The lowest BCUT2D eigenvalue weighted by Gasteiger charge is -2.13. The fraction of sp³-hybridized carbons (Fsp3) is 0.300. The number of methoxy groups -OCH3 is 1. The number of halogens is 1. The van der Waals surface area contributed by atoms with Crippen molar-refractivity contribution in [3.05, 3.63) is 28.8 Å². The zero-order valence-electron chi connectivity index (χ0n) is 8.45. The second-order valence-corrected chi connectivity index (χ2v) is 3.35. The Morgan fingerprint density at radius 3 is 2.67 bits per heavy atom. The van der Waals surface area contributed by atoms with Gasteiger partial charge in [0.2, 0.25) is 0 Å². The van der Waals surface area contributed by atoms with E-state index in [-0.39, 0.29) is 0 Å². The summed E-state index contributed by atoms with van der Waals surface area (Å²) in [6.45, 7) is 0. The van der Waals surface area contributed by atoms with E-state index >= 15 is 0 Å². The Hall–Kier alpha value is -1.26. The average molecular weight is 230 g/mol. The van der Waals surface area contributed by atoms with Crippen LogP contribution in [0.2, 0.25) is 5.02 Å². The molecule has 1 unspecified atom stereocenters. The zero-order valence-corrected chi connectivity index (χ0v) is 9.21. The molecule has 0 saturated heterocycles. The lowest BCUT2D eigenvalue weighted by molar-refractivity contribution is -0.139. The van der Waals surface area contributed by atoms with Crippen LogP contribution < -0.4 is 10.1 Å². The number of likely N-dealkylation sites (N-methyl/N-ethyl adjacent to an activating group) is 1. The molecule has 0 aliphatic heterocycles. The first-order chi connectivity index (χ1) is 7.10. The molecule has 5 heteroatoms. The number of carbonyl (C=O) groups is 1. The number of nitrogens with one attached hydrogen (secondary N) is 1. The fourth-order valence-electron chi connectivity index (χ4n) is 1.28. The van der Waals surface area contributed by atoms with Gasteiger partial charge in [0.05, 0.1) is 7.11 Å². The maximum Gasteiger partial charge on any atom is 0.325 e. The third-order valence-electron chi connectivity index (χ3n) is 2.05. The van der Waals surface area contributed by atoms with E-state index in [1.165, 1.54) is 7.11 Å². The van der Waals surface area contributed by atoms with Gasteiger partial charge in [0.25, 0.3) is 0 Å². The molecule has 0 aliphatic carbocycles. The molecule has 0 bridgehead atoms. The number of benzene rings is 1. The second-order valence-electron chi connectivity index (χ2n) is 2.95. The first-order valence-electron chi connectivity index (χ1n) is 4.33. The van der Waals surface area contributed by atoms with E-state index in [1.807, 2.05) is 0 Å². The van der Waals surface area contributed by atoms with Gasteiger partial charge in [0.1, 0.15) is 11.8 Å². The monoisotopic (exact) mass is 229 g/mol. The summed E-state index contributed by atoms with van der Waals surface area (Å²) in [5, 5.41) is 12.0. The fourth-order valence-corrected chi connectivity index (χ4v) is 1.56. The van der Waals surface area contributed by atoms with Gasteiger partial charge in [-0.1, -0.05) is 17.7 Å². The first-order valence-corrected chi connectivity index (χ1v) is 4.71. The number of carboxylic acids is 1. The summed E-state index contributed by atoms with van der Waals surface area (Å²) in [5.74, 6) is -0.367. The van der Waals surface area contributed by atoms with Crippen LogP contribution in [-0.2, 0) is 4.79 Å². The molecule has 0 saturated carbocycles. The van der Waals surface area contributed by atoms with Gasteiger partial charge in [-0.15, -0.1) is 0 Å². The minimum absolute atomic E-state index is 0.371. The summed E-state index contributed by atoms with van der Waals surface area (Å²) in [4.78, 5) is 10.9. The largest absolute Gasteiger partial charge is 0.497 e. The van der Waals surface area contributed by atoms with E-state index in [9.17, 15) is 4.79 Å². The van der Waals surface area contributed by atoms with Crippen molar-refractivity contribution in [3.63, 3.8) is 0 Å². The smallest absolute Gasteiger partial charge is 0.325 e. The van der Waals surface area contributed by atoms with E-state index in [0.717, 1.165) is 0 Å². The SMILES string of the molecule is CNC(C(=O)O)c1ccc(OC)cc1Cl. The van der Waals surface area contributed by atoms with Gasteiger partial charge in [0, 0.05) is 5.02 Å². The minimum Gasteiger partial charge on any atom is -0.497 e. The minimum atomic E-state index is -0.968. The number of carboxylic acid groups (broad SMARTS) is 1. The molecule has 1 aromatic rings. The van der Waals surface area contributed by atoms with Crippen LogP contribution in [0, 0.1) is 0 Å². The normalized spacial score (nSPS) is 12.2. The zero-order chi connectivity index (χ0) is 11.4. The molecule has 0 heterocycles. The third-order valence-corrected chi connectivity index (χ3v) is 2.38. The quantitative estimate of drug-likeness (QED) is 0.825. The highest BCUT2D eigenvalue weighted by atomic mass is 35.5. The van der Waals surface area contributed by atoms with Gasteiger partial charge in [-0.25, -0.2) is 0 Å². The molecule has 0 fully saturated rings. The van der Waals surface area contributed by atoms with E-state index in [4.69, 9.17) is 21.4 Å². The molecule has 0 radical (unpaired) electrons. The summed E-state index contributed by atoms with van der Waals surface area (Å²) < 4.78 is 4.97. The summed E-state index contributed by atoms with van der Waals surface area (Å²) in [6.07, 6.45) is 0. The number of aliphatic carboxylic acids is 1. The highest BCUT2D eigenvalue weighted by Crippen LogP contribution is 2.27. The number of ether oxygens (including phenoxy) is 1. The van der Waals surface area contributed by atoms with Crippen LogP contribution in [0.4, 0.5) is 0 Å². The number of rotatable bonds is 4. The highest BCUT2D eigenvalue weighted by Gasteiger charge is 2.20. The van der Waals surface area contributed by atoms with Crippen LogP contribution in [0.25, 0.3) is 0 Å². The molecule has 15 heavy (non-hydrogen) atoms. The first kappa shape index (κ1) is 11.8. The number of hydrogen-bond donors (Lipinski definition) is 2. The van der Waals surface area contributed by atoms with E-state index in [0.29, 0.717) is 16.3 Å². The van der Waals surface area contributed by atoms with Crippen LogP contribution in [0.1, 0.15) is 11.6 Å². The van der Waals surface area contributed by atoms with Gasteiger partial charge in [-0.2, -0.15) is 0 Å². The van der Waals surface area contributed by atoms with Gasteiger partial charge in [-0.05, 0) is 24.7 Å². The predicted octanol–water partition coefficient (Wildman–Crippen LogP) is 1.69. The van der Waals surface area contributed by atoms with Crippen LogP contribution in [0.3, 0.4) is 0 Å². The van der Waals surface area contributed by atoms with Crippen molar-refractivity contribution in [1.29, 1.82) is 0 Å². The average Bonchev–Trinajstić information content (AvgIpc) is 2.20. The lowest BCUT2D eigenvalue weighted by atomic mass is 10.1. The van der Waals surface area contributed by atoms with Crippen molar-refractivity contribution in [2.45, 2.75) is 6.04 Å². The topological polar surface area (TPSA) is 58.6 Å². The molecule has 0 amide bonds. The van der Waals surface area contributed by atoms with Crippen LogP contribution >= 0.6 is 11.6 Å². The number of hydrogen-bond acceptors (Lipinski definition) is 3. The lowest BCUT2D eigenvalue weighted by Crippen LogP contribution is -2.25. The molecule has 2 N–H and O–H groups in total. The standard InChI is InChI=1S/C10H12ClNO3/c1-12-9(10(13)14)7-4-3-6(15-2)5-8(7)11/h3-5,9,12H,1-2H3,(H,13,14). The van der Waals surface area contributed by atoms with Crippen LogP contribution in [0.15, 0.2) is 18.2 Å². The Kier molecular flexibility index (Phi) is 3.94. The Morgan fingerprint density at radius 1 is 1.60 bits per heavy atom. The van der Waals surface area contributed by atoms with Gasteiger partial charge < -0.3 is 15.2 Å². The molecule has 1 rings (SSSR count). The summed E-state index contributed by atoms with van der Waals surface area (Å²) >= 11 is 5.94. The van der Waals surface area contributed by atoms with Crippen molar-refractivity contribution in [3.8, 4) is 5.75 Å². The highest BCUT2D eigenvalue weighted by molar-refractivity contribution is 6.31. The molecular formula is C10H12ClNO3. The van der Waals surface area contributed by atoms with Crippen molar-refractivity contribution < 1.29 is 14.6 Å². The Morgan fingerprint density at radius 2 is 2.27 bits per heavy atom. The maximum absolute atomic E-state index is 10.9. The molecular weight excluding hydrogens is 218 g/mol. The molecule has 0 aliphatic rings. The summed E-state index contributed by atoms with van der Waals surface area (Å²) in [5.41, 5.74) is 0.521. The summed E-state index contributed by atoms with van der Waals surface area (Å²) in [7, 11) is 3.09. The predicted molar refractivity (Wildman–Crippen MR) is 57.4 cm³/mol. The van der Waals surface area contributed by atoms with Crippen molar-refractivity contribution in [2.75, 3.05) is 14.2 Å². The van der Waals surface area contributed by atoms with Gasteiger partial charge >= 0.3 is 5.97 Å². The maximum atomic E-state index is 10.9. The second kappa shape index (κ2) is 5.00. The van der Waals surface area contributed by atoms with E-state index in [1.54, 1.807) is 25.2 Å². The van der Waals surface area contributed by atoms with Crippen LogP contribution in [-0.4, -0.2) is 25.2 Å².